The van der Waals surface area contributed by atoms with Crippen LogP contribution < -0.4 is 10.1 Å². The monoisotopic (exact) mass is 350 g/mol. The summed E-state index contributed by atoms with van der Waals surface area (Å²) in [6, 6.07) is 9.63. The molecule has 0 aliphatic heterocycles. The van der Waals surface area contributed by atoms with Gasteiger partial charge in [0.25, 0.3) is 0 Å². The molecule has 0 fully saturated rings. The quantitative estimate of drug-likeness (QED) is 0.685. The van der Waals surface area contributed by atoms with E-state index < -0.39 is 0 Å². The molecule has 2 heterocycles. The van der Waals surface area contributed by atoms with Gasteiger partial charge in [-0.1, -0.05) is 20.4 Å². The molecule has 3 rings (SSSR count). The van der Waals surface area contributed by atoms with E-state index in [2.05, 4.69) is 35.8 Å². The molecule has 0 spiro atoms. The van der Waals surface area contributed by atoms with Crippen LogP contribution in [0.25, 0.3) is 16.7 Å². The number of carbonyl (C=O) groups is 1. The summed E-state index contributed by atoms with van der Waals surface area (Å²) in [5.41, 5.74) is 3.08. The molecule has 6 heteroatoms. The number of nitrogens with zero attached hydrogens (tertiary/aromatic N) is 3. The second-order valence-electron chi connectivity index (χ2n) is 6.48. The minimum Gasteiger partial charge on any atom is -0.493 e. The van der Waals surface area contributed by atoms with Gasteiger partial charge in [0.15, 0.2) is 5.65 Å². The summed E-state index contributed by atoms with van der Waals surface area (Å²) in [5, 5.41) is 8.18. The number of nitrogens with one attached hydrogen (secondary N) is 1. The van der Waals surface area contributed by atoms with Crippen molar-refractivity contribution < 1.29 is 9.53 Å². The van der Waals surface area contributed by atoms with Crippen molar-refractivity contribution in [1.82, 2.24) is 14.8 Å². The third-order valence-electron chi connectivity index (χ3n) is 3.82. The van der Waals surface area contributed by atoms with Gasteiger partial charge in [0.1, 0.15) is 5.75 Å². The van der Waals surface area contributed by atoms with Crippen molar-refractivity contribution in [3.8, 4) is 11.4 Å². The molecule has 0 aliphatic rings. The second kappa shape index (κ2) is 7.39. The number of hydrogen-bond acceptors (Lipinski definition) is 4. The minimum absolute atomic E-state index is 0.270. The van der Waals surface area contributed by atoms with Crippen LogP contribution in [-0.2, 0) is 4.79 Å². The Morgan fingerprint density at radius 3 is 2.73 bits per heavy atom. The first kappa shape index (κ1) is 17.7. The lowest BCUT2D eigenvalue weighted by Gasteiger charge is -2.09. The summed E-state index contributed by atoms with van der Waals surface area (Å²) < 4.78 is 7.51. The maximum absolute atomic E-state index is 11.5. The number of ether oxygens (including phenoxy) is 1. The van der Waals surface area contributed by atoms with Crippen LogP contribution in [-0.4, -0.2) is 27.3 Å². The molecule has 134 valence electrons. The predicted molar refractivity (Wildman–Crippen MR) is 103 cm³/mol. The van der Waals surface area contributed by atoms with Gasteiger partial charge in [0, 0.05) is 5.39 Å². The standard InChI is InChI=1S/C20H22N4O2/c1-5-19(25)22-15-10-18-14(4)23-24(20(18)21-11-15)16-6-8-17(9-7-16)26-12-13(2)3/h5-11,13H,1,12H2,2-4H3,(H,22,25). The van der Waals surface area contributed by atoms with E-state index in [-0.39, 0.29) is 5.91 Å². The molecule has 0 radical (unpaired) electrons. The van der Waals surface area contributed by atoms with Crippen molar-refractivity contribution in [2.45, 2.75) is 20.8 Å². The van der Waals surface area contributed by atoms with Crippen molar-refractivity contribution in [3.05, 3.63) is 54.9 Å². The first-order valence-electron chi connectivity index (χ1n) is 8.50. The smallest absolute Gasteiger partial charge is 0.247 e. The molecule has 1 N–H and O–H groups in total. The Morgan fingerprint density at radius 2 is 2.08 bits per heavy atom. The maximum Gasteiger partial charge on any atom is 0.247 e. The maximum atomic E-state index is 11.5. The van der Waals surface area contributed by atoms with Crippen molar-refractivity contribution in [2.24, 2.45) is 5.92 Å². The topological polar surface area (TPSA) is 69.0 Å². The zero-order valence-electron chi connectivity index (χ0n) is 15.2. The van der Waals surface area contributed by atoms with E-state index >= 15 is 0 Å². The van der Waals surface area contributed by atoms with Crippen molar-refractivity contribution in [2.75, 3.05) is 11.9 Å². The van der Waals surface area contributed by atoms with Crippen LogP contribution in [0.2, 0.25) is 0 Å². The van der Waals surface area contributed by atoms with E-state index in [4.69, 9.17) is 4.74 Å². The van der Waals surface area contributed by atoms with Gasteiger partial charge in [-0.05, 0) is 49.2 Å². The molecule has 2 aromatic heterocycles. The molecular weight excluding hydrogens is 328 g/mol. The molecule has 0 aliphatic carbocycles. The van der Waals surface area contributed by atoms with Gasteiger partial charge in [-0.3, -0.25) is 4.79 Å². The predicted octanol–water partition coefficient (Wildman–Crippen LogP) is 3.89. The molecule has 0 bridgehead atoms. The number of fused-ring (bicyclic) bond motifs is 1. The Kier molecular flexibility index (Phi) is 5.02. The highest BCUT2D eigenvalue weighted by atomic mass is 16.5. The van der Waals surface area contributed by atoms with Gasteiger partial charge in [-0.15, -0.1) is 0 Å². The van der Waals surface area contributed by atoms with Gasteiger partial charge in [0.05, 0.1) is 29.9 Å². The third kappa shape index (κ3) is 3.74. The molecule has 3 aromatic rings. The van der Waals surface area contributed by atoms with Crippen LogP contribution in [0.1, 0.15) is 19.5 Å². The average molecular weight is 350 g/mol. The summed E-state index contributed by atoms with van der Waals surface area (Å²) >= 11 is 0. The Labute approximate surface area is 152 Å². The Hall–Kier alpha value is -3.15. The lowest BCUT2D eigenvalue weighted by molar-refractivity contribution is -0.111. The third-order valence-corrected chi connectivity index (χ3v) is 3.82. The molecule has 0 atom stereocenters. The molecule has 1 aromatic carbocycles. The minimum atomic E-state index is -0.270. The van der Waals surface area contributed by atoms with Crippen LogP contribution in [0.3, 0.4) is 0 Å². The number of pyridine rings is 1. The first-order chi connectivity index (χ1) is 12.5. The molecule has 0 unspecified atom stereocenters. The van der Waals surface area contributed by atoms with Gasteiger partial charge in [-0.2, -0.15) is 5.10 Å². The lowest BCUT2D eigenvalue weighted by Crippen LogP contribution is -2.07. The van der Waals surface area contributed by atoms with Crippen LogP contribution in [0.4, 0.5) is 5.69 Å². The highest BCUT2D eigenvalue weighted by Gasteiger charge is 2.12. The second-order valence-corrected chi connectivity index (χ2v) is 6.48. The fourth-order valence-electron chi connectivity index (χ4n) is 2.53. The highest BCUT2D eigenvalue weighted by molar-refractivity contribution is 6.00. The van der Waals surface area contributed by atoms with E-state index in [1.165, 1.54) is 6.08 Å². The van der Waals surface area contributed by atoms with E-state index in [0.717, 1.165) is 28.2 Å². The van der Waals surface area contributed by atoms with Crippen molar-refractivity contribution >= 4 is 22.6 Å². The number of anilines is 1. The molecular formula is C20H22N4O2. The van der Waals surface area contributed by atoms with Crippen molar-refractivity contribution in [3.63, 3.8) is 0 Å². The van der Waals surface area contributed by atoms with E-state index in [1.54, 1.807) is 10.9 Å². The molecule has 0 saturated carbocycles. The number of benzene rings is 1. The van der Waals surface area contributed by atoms with Crippen LogP contribution in [0.5, 0.6) is 5.75 Å². The first-order valence-corrected chi connectivity index (χ1v) is 8.50. The Balaban J connectivity index is 1.90. The number of carbonyl (C=O) groups excluding carboxylic acids is 1. The number of rotatable bonds is 6. The van der Waals surface area contributed by atoms with E-state index in [0.29, 0.717) is 18.2 Å². The van der Waals surface area contributed by atoms with Crippen LogP contribution in [0, 0.1) is 12.8 Å². The van der Waals surface area contributed by atoms with Crippen LogP contribution >= 0.6 is 0 Å². The van der Waals surface area contributed by atoms with E-state index in [1.807, 2.05) is 37.3 Å². The fraction of sp³-hybridized carbons (Fsp3) is 0.250. The highest BCUT2D eigenvalue weighted by Crippen LogP contribution is 2.24. The van der Waals surface area contributed by atoms with Gasteiger partial charge in [-0.25, -0.2) is 9.67 Å². The fourth-order valence-corrected chi connectivity index (χ4v) is 2.53. The summed E-state index contributed by atoms with van der Waals surface area (Å²) in [6.07, 6.45) is 2.84. The Bertz CT molecular complexity index is 942. The summed E-state index contributed by atoms with van der Waals surface area (Å²) in [5.74, 6) is 1.04. The number of hydrogen-bond donors (Lipinski definition) is 1. The Morgan fingerprint density at radius 1 is 1.35 bits per heavy atom. The molecule has 6 nitrogen and oxygen atoms in total. The zero-order valence-corrected chi connectivity index (χ0v) is 15.2. The number of amides is 1. The largest absolute Gasteiger partial charge is 0.493 e. The molecule has 1 amide bonds. The van der Waals surface area contributed by atoms with Crippen molar-refractivity contribution in [1.29, 1.82) is 0 Å². The number of aromatic nitrogens is 3. The molecule has 0 saturated heterocycles. The summed E-state index contributed by atoms with van der Waals surface area (Å²) in [6.45, 7) is 10.3. The zero-order chi connectivity index (χ0) is 18.7. The summed E-state index contributed by atoms with van der Waals surface area (Å²) in [4.78, 5) is 15.9. The van der Waals surface area contributed by atoms with Gasteiger partial charge >= 0.3 is 0 Å². The van der Waals surface area contributed by atoms with Gasteiger partial charge in [0.2, 0.25) is 5.91 Å². The lowest BCUT2D eigenvalue weighted by atomic mass is 10.2. The SMILES string of the molecule is C=CC(=O)Nc1cnc2c(c1)c(C)nn2-c1ccc(OCC(C)C)cc1. The summed E-state index contributed by atoms with van der Waals surface area (Å²) in [7, 11) is 0. The van der Waals surface area contributed by atoms with E-state index in [9.17, 15) is 4.79 Å². The molecule has 26 heavy (non-hydrogen) atoms. The average Bonchev–Trinajstić information content (AvgIpc) is 2.96. The van der Waals surface area contributed by atoms with Crippen LogP contribution in [0.15, 0.2) is 49.2 Å². The van der Waals surface area contributed by atoms with Gasteiger partial charge < -0.3 is 10.1 Å². The normalized spacial score (nSPS) is 10.9. The number of aryl methyl sites for hydroxylation is 1.